The molecule has 0 spiro atoms. The molecule has 2 aromatic carbocycles. The van der Waals surface area contributed by atoms with Crippen LogP contribution < -0.4 is 5.32 Å². The number of benzene rings is 2. The van der Waals surface area contributed by atoms with Crippen LogP contribution >= 0.6 is 22.9 Å². The predicted octanol–water partition coefficient (Wildman–Crippen LogP) is 5.14. The van der Waals surface area contributed by atoms with Gasteiger partial charge < -0.3 is 5.32 Å². The summed E-state index contributed by atoms with van der Waals surface area (Å²) < 4.78 is 14.3. The van der Waals surface area contributed by atoms with Gasteiger partial charge in [0.1, 0.15) is 5.82 Å². The fraction of sp³-hybridized carbons (Fsp3) is 0.0714. The van der Waals surface area contributed by atoms with Crippen molar-refractivity contribution in [2.75, 3.05) is 5.32 Å². The van der Waals surface area contributed by atoms with Gasteiger partial charge >= 0.3 is 0 Å². The third-order valence-electron chi connectivity index (χ3n) is 2.71. The maximum Gasteiger partial charge on any atom is 0.188 e. The minimum atomic E-state index is -0.330. The summed E-state index contributed by atoms with van der Waals surface area (Å²) >= 11 is 7.53. The van der Waals surface area contributed by atoms with Gasteiger partial charge in [0, 0.05) is 0 Å². The lowest BCUT2D eigenvalue weighted by atomic mass is 10.2. The van der Waals surface area contributed by atoms with Crippen LogP contribution in [0.5, 0.6) is 0 Å². The smallest absolute Gasteiger partial charge is 0.188 e. The lowest BCUT2D eigenvalue weighted by molar-refractivity contribution is 0.628. The maximum atomic E-state index is 13.2. The molecule has 5 heteroatoms. The minimum absolute atomic E-state index is 0.330. The van der Waals surface area contributed by atoms with E-state index in [9.17, 15) is 4.39 Å². The summed E-state index contributed by atoms with van der Waals surface area (Å²) in [6, 6.07) is 10.3. The number of aryl methyl sites for hydroxylation is 1. The SMILES string of the molecule is Cc1ccc2sc(Nc3cc(F)ccc3Cl)nc2c1. The topological polar surface area (TPSA) is 24.9 Å². The van der Waals surface area contributed by atoms with E-state index in [0.717, 1.165) is 15.8 Å². The average Bonchev–Trinajstić information content (AvgIpc) is 2.75. The summed E-state index contributed by atoms with van der Waals surface area (Å²) in [5.74, 6) is -0.330. The van der Waals surface area contributed by atoms with Crippen LogP contribution in [0.2, 0.25) is 5.02 Å². The minimum Gasteiger partial charge on any atom is -0.330 e. The summed E-state index contributed by atoms with van der Waals surface area (Å²) in [4.78, 5) is 4.47. The Morgan fingerprint density at radius 2 is 2.05 bits per heavy atom. The quantitative estimate of drug-likeness (QED) is 0.707. The van der Waals surface area contributed by atoms with Gasteiger partial charge in [0.2, 0.25) is 0 Å². The van der Waals surface area contributed by atoms with Crippen molar-refractivity contribution < 1.29 is 4.39 Å². The molecule has 1 aromatic heterocycles. The lowest BCUT2D eigenvalue weighted by Gasteiger charge is -2.04. The number of halogens is 2. The van der Waals surface area contributed by atoms with Gasteiger partial charge in [-0.2, -0.15) is 0 Å². The fourth-order valence-corrected chi connectivity index (χ4v) is 2.82. The summed E-state index contributed by atoms with van der Waals surface area (Å²) in [6.07, 6.45) is 0. The largest absolute Gasteiger partial charge is 0.330 e. The second-order valence-electron chi connectivity index (χ2n) is 4.24. The van der Waals surface area contributed by atoms with Crippen molar-refractivity contribution in [3.8, 4) is 0 Å². The third-order valence-corrected chi connectivity index (χ3v) is 3.99. The van der Waals surface area contributed by atoms with E-state index in [1.165, 1.54) is 29.5 Å². The Labute approximate surface area is 118 Å². The summed E-state index contributed by atoms with van der Waals surface area (Å²) in [6.45, 7) is 2.02. The molecule has 0 aliphatic rings. The highest BCUT2D eigenvalue weighted by molar-refractivity contribution is 7.22. The first kappa shape index (κ1) is 12.4. The summed E-state index contributed by atoms with van der Waals surface area (Å²) in [5.41, 5.74) is 2.62. The molecule has 2 nitrogen and oxygen atoms in total. The molecular formula is C14H10ClFN2S. The Bertz CT molecular complexity index is 754. The van der Waals surface area contributed by atoms with E-state index < -0.39 is 0 Å². The first-order valence-electron chi connectivity index (χ1n) is 5.71. The molecule has 3 aromatic rings. The Hall–Kier alpha value is -1.65. The second-order valence-corrected chi connectivity index (χ2v) is 5.68. The first-order valence-corrected chi connectivity index (χ1v) is 6.90. The van der Waals surface area contributed by atoms with Gasteiger partial charge in [0.05, 0.1) is 20.9 Å². The van der Waals surface area contributed by atoms with Crippen molar-refractivity contribution in [3.63, 3.8) is 0 Å². The van der Waals surface area contributed by atoms with Crippen LogP contribution in [0.25, 0.3) is 10.2 Å². The summed E-state index contributed by atoms with van der Waals surface area (Å²) in [7, 11) is 0. The van der Waals surface area contributed by atoms with Gasteiger partial charge in [-0.1, -0.05) is 29.0 Å². The van der Waals surface area contributed by atoms with E-state index >= 15 is 0 Å². The van der Waals surface area contributed by atoms with Gasteiger partial charge in [0.25, 0.3) is 0 Å². The van der Waals surface area contributed by atoms with Crippen LogP contribution in [-0.2, 0) is 0 Å². The fourth-order valence-electron chi connectivity index (χ4n) is 1.80. The van der Waals surface area contributed by atoms with E-state index in [0.29, 0.717) is 15.8 Å². The molecular weight excluding hydrogens is 283 g/mol. The number of rotatable bonds is 2. The van der Waals surface area contributed by atoms with E-state index in [2.05, 4.69) is 10.3 Å². The number of fused-ring (bicyclic) bond motifs is 1. The molecule has 0 amide bonds. The van der Waals surface area contributed by atoms with Crippen molar-refractivity contribution in [2.24, 2.45) is 0 Å². The van der Waals surface area contributed by atoms with Crippen molar-refractivity contribution in [3.05, 3.63) is 52.8 Å². The number of thiazole rings is 1. The molecule has 0 bridgehead atoms. The highest BCUT2D eigenvalue weighted by atomic mass is 35.5. The van der Waals surface area contributed by atoms with Gasteiger partial charge in [-0.05, 0) is 42.8 Å². The third kappa shape index (κ3) is 2.55. The lowest BCUT2D eigenvalue weighted by Crippen LogP contribution is -1.91. The molecule has 0 saturated heterocycles. The number of nitrogens with one attached hydrogen (secondary N) is 1. The number of aromatic nitrogens is 1. The normalized spacial score (nSPS) is 10.9. The highest BCUT2D eigenvalue weighted by Gasteiger charge is 2.07. The molecule has 0 unspecified atom stereocenters. The highest BCUT2D eigenvalue weighted by Crippen LogP contribution is 2.31. The zero-order valence-electron chi connectivity index (χ0n) is 10.1. The molecule has 0 aliphatic heterocycles. The molecule has 0 radical (unpaired) electrons. The monoisotopic (exact) mass is 292 g/mol. The van der Waals surface area contributed by atoms with Crippen LogP contribution in [0, 0.1) is 12.7 Å². The van der Waals surface area contributed by atoms with E-state index in [4.69, 9.17) is 11.6 Å². The number of hydrogen-bond donors (Lipinski definition) is 1. The number of anilines is 2. The van der Waals surface area contributed by atoms with E-state index in [1.54, 1.807) is 0 Å². The molecule has 0 atom stereocenters. The molecule has 3 rings (SSSR count). The molecule has 0 saturated carbocycles. The van der Waals surface area contributed by atoms with Crippen LogP contribution in [0.1, 0.15) is 5.56 Å². The van der Waals surface area contributed by atoms with Crippen molar-refractivity contribution >= 4 is 44.0 Å². The molecule has 1 heterocycles. The van der Waals surface area contributed by atoms with Crippen LogP contribution in [-0.4, -0.2) is 4.98 Å². The predicted molar refractivity (Wildman–Crippen MR) is 79.0 cm³/mol. The second kappa shape index (κ2) is 4.79. The van der Waals surface area contributed by atoms with Gasteiger partial charge in [-0.15, -0.1) is 0 Å². The van der Waals surface area contributed by atoms with Gasteiger partial charge in [0.15, 0.2) is 5.13 Å². The Balaban J connectivity index is 1.98. The number of nitrogens with zero attached hydrogens (tertiary/aromatic N) is 1. The molecule has 0 fully saturated rings. The summed E-state index contributed by atoms with van der Waals surface area (Å²) in [5, 5.41) is 4.23. The maximum absolute atomic E-state index is 13.2. The molecule has 19 heavy (non-hydrogen) atoms. The van der Waals surface area contributed by atoms with Crippen LogP contribution in [0.4, 0.5) is 15.2 Å². The zero-order chi connectivity index (χ0) is 13.4. The molecule has 0 aliphatic carbocycles. The Kier molecular flexibility index (Phi) is 3.12. The molecule has 1 N–H and O–H groups in total. The molecule has 96 valence electrons. The first-order chi connectivity index (χ1) is 9.11. The van der Waals surface area contributed by atoms with Crippen LogP contribution in [0.3, 0.4) is 0 Å². The van der Waals surface area contributed by atoms with Gasteiger partial charge in [-0.25, -0.2) is 9.37 Å². The average molecular weight is 293 g/mol. The van der Waals surface area contributed by atoms with Crippen molar-refractivity contribution in [2.45, 2.75) is 6.92 Å². The zero-order valence-corrected chi connectivity index (χ0v) is 11.6. The van der Waals surface area contributed by atoms with Crippen molar-refractivity contribution in [1.82, 2.24) is 4.98 Å². The Morgan fingerprint density at radius 1 is 1.21 bits per heavy atom. The van der Waals surface area contributed by atoms with Crippen molar-refractivity contribution in [1.29, 1.82) is 0 Å². The number of hydrogen-bond acceptors (Lipinski definition) is 3. The standard InChI is InChI=1S/C14H10ClFN2S/c1-8-2-5-13-12(6-8)18-14(19-13)17-11-7-9(16)3-4-10(11)15/h2-7H,1H3,(H,17,18). The van der Waals surface area contributed by atoms with Crippen LogP contribution in [0.15, 0.2) is 36.4 Å². The van der Waals surface area contributed by atoms with E-state index in [-0.39, 0.29) is 5.82 Å². The van der Waals surface area contributed by atoms with Gasteiger partial charge in [-0.3, -0.25) is 0 Å². The Morgan fingerprint density at radius 3 is 2.89 bits per heavy atom. The van der Waals surface area contributed by atoms with E-state index in [1.807, 2.05) is 25.1 Å².